The number of rotatable bonds is 7. The molecule has 1 unspecified atom stereocenters. The van der Waals surface area contributed by atoms with Gasteiger partial charge in [0.05, 0.1) is 41.8 Å². The number of hydrogen-bond acceptors (Lipinski definition) is 7. The van der Waals surface area contributed by atoms with Gasteiger partial charge in [0, 0.05) is 56.7 Å². The number of aliphatic hydroxyl groups is 1. The summed E-state index contributed by atoms with van der Waals surface area (Å²) in [5, 5.41) is 19.4. The number of anilines is 3. The Kier molecular flexibility index (Phi) is 8.86. The molecule has 1 aliphatic carbocycles. The van der Waals surface area contributed by atoms with Gasteiger partial charge in [-0.15, -0.1) is 0 Å². The van der Waals surface area contributed by atoms with E-state index in [1.54, 1.807) is 13.8 Å². The van der Waals surface area contributed by atoms with E-state index in [2.05, 4.69) is 39.8 Å². The second-order valence-corrected chi connectivity index (χ2v) is 10.3. The molecule has 2 heterocycles. The second-order valence-electron chi connectivity index (χ2n) is 10.3. The molecule has 0 radical (unpaired) electrons. The maximum absolute atomic E-state index is 11.8. The summed E-state index contributed by atoms with van der Waals surface area (Å²) < 4.78 is 0. The largest absolute Gasteiger partial charge is 0.461 e. The molecule has 0 bridgehead atoms. The summed E-state index contributed by atoms with van der Waals surface area (Å²) in [7, 11) is 2.08. The van der Waals surface area contributed by atoms with Gasteiger partial charge in [-0.1, -0.05) is 13.3 Å². The number of amides is 1. The molecule has 1 saturated carbocycles. The van der Waals surface area contributed by atoms with Crippen LogP contribution in [0.4, 0.5) is 17.2 Å². The number of nitrogens with zero attached hydrogens (tertiary/aromatic N) is 6. The van der Waals surface area contributed by atoms with Crippen molar-refractivity contribution < 1.29 is 41.0 Å². The molecule has 184 valence electrons. The molecule has 4 rings (SSSR count). The number of carbonyl (C=O) groups excluding carboxylic acids is 1. The predicted octanol–water partition coefficient (Wildman–Crippen LogP) is 3.42. The Hall–Kier alpha value is -2.13. The normalized spacial score (nSPS) is 21.7. The Morgan fingerprint density at radius 3 is 2.66 bits per heavy atom. The molecule has 1 aromatic carbocycles. The maximum atomic E-state index is 11.8. The first kappa shape index (κ1) is 27.5. The average molecular weight is 700 g/mol. The van der Waals surface area contributed by atoms with Crippen LogP contribution in [0.5, 0.6) is 0 Å². The molecule has 0 saturated heterocycles. The number of hydrogen-bond donors (Lipinski definition) is 1. The molecule has 1 N–H and O–H groups in total. The first-order chi connectivity index (χ1) is 16.2. The molecule has 9 heteroatoms. The van der Waals surface area contributed by atoms with Crippen LogP contribution in [0.15, 0.2) is 30.6 Å². The Morgan fingerprint density at radius 2 is 2.03 bits per heavy atom. The number of benzene rings is 1. The van der Waals surface area contributed by atoms with Crippen LogP contribution in [0.2, 0.25) is 0 Å². The van der Waals surface area contributed by atoms with E-state index in [-0.39, 0.29) is 31.1 Å². The summed E-state index contributed by atoms with van der Waals surface area (Å²) in [4.78, 5) is 26.5. The molecule has 0 spiro atoms. The van der Waals surface area contributed by atoms with E-state index in [9.17, 15) is 15.2 Å². The summed E-state index contributed by atoms with van der Waals surface area (Å²) in [5.41, 5.74) is 2.35. The fraction of sp³-hybridized carbons (Fsp3) is 0.538. The molecule has 2 aliphatic rings. The molecular weight excluding hydrogens is 666 g/mol. The van der Waals surface area contributed by atoms with E-state index in [1.165, 1.54) is 17.3 Å². The molecule has 8 nitrogen and oxygen atoms in total. The molecular formula is C26H33N6O2U-. The first-order valence-corrected chi connectivity index (χ1v) is 11.9. The van der Waals surface area contributed by atoms with E-state index < -0.39 is 5.60 Å². The van der Waals surface area contributed by atoms with E-state index >= 15 is 0 Å². The van der Waals surface area contributed by atoms with Gasteiger partial charge in [-0.2, -0.15) is 5.26 Å². The van der Waals surface area contributed by atoms with Crippen molar-refractivity contribution in [2.75, 3.05) is 41.5 Å². The van der Waals surface area contributed by atoms with Crippen molar-refractivity contribution in [1.29, 1.82) is 5.26 Å². The molecule has 1 aliphatic heterocycles. The van der Waals surface area contributed by atoms with Gasteiger partial charge in [-0.05, 0) is 75.4 Å². The third-order valence-corrected chi connectivity index (χ3v) is 7.26. The molecule has 3 atom stereocenters. The van der Waals surface area contributed by atoms with Gasteiger partial charge in [0.1, 0.15) is 5.60 Å². The van der Waals surface area contributed by atoms with Crippen molar-refractivity contribution in [3.05, 3.63) is 41.9 Å². The van der Waals surface area contributed by atoms with Crippen molar-refractivity contribution >= 4 is 23.6 Å². The van der Waals surface area contributed by atoms with Gasteiger partial charge in [0.2, 0.25) is 0 Å². The number of nitriles is 1. The van der Waals surface area contributed by atoms with Crippen LogP contribution in [0, 0.1) is 60.2 Å². The standard InChI is InChI=1S/C26H33N6O2.U/c1-18-5-6-20(14-32(17-33)25-13-28-24(12-29-25)26(2,3)34)9-21(18)15-31-16-30(4)22-8-7-19(11-27)10-23(22)31;/h7-8,10,12-13,18,20-21,34H,5-6,9,14-16H2,1-4H3;/q-1;/t18-,20?,21-;/m0./s1. The van der Waals surface area contributed by atoms with Crippen LogP contribution in [-0.2, 0) is 10.4 Å². The summed E-state index contributed by atoms with van der Waals surface area (Å²) in [6.45, 7) is 7.92. The second kappa shape index (κ2) is 11.3. The van der Waals surface area contributed by atoms with Crippen molar-refractivity contribution in [2.24, 2.45) is 17.8 Å². The zero-order valence-electron chi connectivity index (χ0n) is 20.9. The quantitative estimate of drug-likeness (QED) is 0.350. The average Bonchev–Trinajstić information content (AvgIpc) is 3.13. The molecule has 1 aromatic heterocycles. The van der Waals surface area contributed by atoms with E-state index in [1.807, 2.05) is 24.6 Å². The summed E-state index contributed by atoms with van der Waals surface area (Å²) >= 11 is 0. The van der Waals surface area contributed by atoms with Crippen LogP contribution in [0.1, 0.15) is 51.3 Å². The molecule has 35 heavy (non-hydrogen) atoms. The Bertz CT molecular complexity index is 1060. The van der Waals surface area contributed by atoms with Crippen molar-refractivity contribution in [2.45, 2.75) is 45.6 Å². The Morgan fingerprint density at radius 1 is 1.26 bits per heavy atom. The van der Waals surface area contributed by atoms with Gasteiger partial charge in [0.15, 0.2) is 0 Å². The van der Waals surface area contributed by atoms with Gasteiger partial charge in [0.25, 0.3) is 0 Å². The molecule has 2 aromatic rings. The summed E-state index contributed by atoms with van der Waals surface area (Å²) in [5.74, 6) is 1.88. The van der Waals surface area contributed by atoms with Crippen molar-refractivity contribution in [1.82, 2.24) is 9.97 Å². The third kappa shape index (κ3) is 6.17. The summed E-state index contributed by atoms with van der Waals surface area (Å²) in [6.07, 6.45) is 8.26. The fourth-order valence-electron chi connectivity index (χ4n) is 5.16. The minimum absolute atomic E-state index is 0. The minimum atomic E-state index is -1.08. The molecule has 1 amide bonds. The van der Waals surface area contributed by atoms with Gasteiger partial charge < -0.3 is 29.6 Å². The SMILES string of the molecule is C[C@H]1CCC(CN([C-]=O)c2cnc(C(C)(C)O)cn2)C[C@H]1CN1CN(C)c2ccc(C#N)cc21.[U]. The predicted molar refractivity (Wildman–Crippen MR) is 132 cm³/mol. The van der Waals surface area contributed by atoms with E-state index in [4.69, 9.17) is 0 Å². The van der Waals surface area contributed by atoms with Gasteiger partial charge in [-0.25, -0.2) is 0 Å². The van der Waals surface area contributed by atoms with Crippen LogP contribution in [0.25, 0.3) is 0 Å². The van der Waals surface area contributed by atoms with Crippen LogP contribution < -0.4 is 14.7 Å². The number of aromatic nitrogens is 2. The Balaban J connectivity index is 0.00000342. The fourth-order valence-corrected chi connectivity index (χ4v) is 5.16. The summed E-state index contributed by atoms with van der Waals surface area (Å²) in [6, 6.07) is 8.15. The maximum Gasteiger partial charge on any atom is 0.102 e. The Labute approximate surface area is 231 Å². The monoisotopic (exact) mass is 699 g/mol. The van der Waals surface area contributed by atoms with E-state index in [0.29, 0.717) is 41.4 Å². The van der Waals surface area contributed by atoms with Crippen molar-refractivity contribution in [3.8, 4) is 6.07 Å². The van der Waals surface area contributed by atoms with Crippen LogP contribution >= 0.6 is 0 Å². The van der Waals surface area contributed by atoms with Gasteiger partial charge >= 0.3 is 0 Å². The zero-order valence-corrected chi connectivity index (χ0v) is 25.1. The number of fused-ring (bicyclic) bond motifs is 1. The van der Waals surface area contributed by atoms with Gasteiger partial charge in [-0.3, -0.25) is 4.98 Å². The topological polar surface area (TPSA) is 96.6 Å². The van der Waals surface area contributed by atoms with E-state index in [0.717, 1.165) is 43.9 Å². The zero-order chi connectivity index (χ0) is 24.5. The van der Waals surface area contributed by atoms with Crippen LogP contribution in [-0.4, -0.2) is 48.3 Å². The smallest absolute Gasteiger partial charge is 0.102 e. The third-order valence-electron chi connectivity index (χ3n) is 7.26. The van der Waals surface area contributed by atoms with Crippen LogP contribution in [0.3, 0.4) is 0 Å². The first-order valence-electron chi connectivity index (χ1n) is 11.9. The minimum Gasteiger partial charge on any atom is -0.461 e. The molecule has 1 fully saturated rings. The van der Waals surface area contributed by atoms with Crippen molar-refractivity contribution in [3.63, 3.8) is 0 Å².